The van der Waals surface area contributed by atoms with Gasteiger partial charge in [-0.1, -0.05) is 25.5 Å². The van der Waals surface area contributed by atoms with E-state index in [0.717, 1.165) is 30.8 Å². The average Bonchev–Trinajstić information content (AvgIpc) is 2.40. The Labute approximate surface area is 113 Å². The molecule has 4 N–H and O–H groups in total. The van der Waals surface area contributed by atoms with Gasteiger partial charge in [0.2, 0.25) is 5.91 Å². The van der Waals surface area contributed by atoms with Gasteiger partial charge in [0.05, 0.1) is 6.61 Å². The van der Waals surface area contributed by atoms with Crippen LogP contribution >= 0.6 is 0 Å². The lowest BCUT2D eigenvalue weighted by atomic mass is 10.2. The maximum Gasteiger partial charge on any atom is 0.247 e. The van der Waals surface area contributed by atoms with E-state index in [-0.39, 0.29) is 6.54 Å². The highest BCUT2D eigenvalue weighted by Gasteiger charge is 2.09. The number of benzene rings is 1. The van der Waals surface area contributed by atoms with Crippen molar-refractivity contribution >= 4 is 5.91 Å². The molecule has 0 aromatic heterocycles. The number of ether oxygens (including phenoxy) is 1. The Kier molecular flexibility index (Phi) is 6.92. The molecule has 0 aliphatic rings. The molecular formula is C14H22N2O3. The van der Waals surface area contributed by atoms with Gasteiger partial charge in [-0.15, -0.1) is 0 Å². The molecular weight excluding hydrogens is 244 g/mol. The van der Waals surface area contributed by atoms with Crippen LogP contribution in [0.4, 0.5) is 0 Å². The fraction of sp³-hybridized carbons (Fsp3) is 0.500. The van der Waals surface area contributed by atoms with E-state index in [1.807, 2.05) is 24.3 Å². The molecule has 0 spiro atoms. The second kappa shape index (κ2) is 8.50. The molecule has 0 fully saturated rings. The third-order valence-electron chi connectivity index (χ3n) is 2.69. The Balaban J connectivity index is 2.30. The van der Waals surface area contributed by atoms with Crippen molar-refractivity contribution in [3.8, 4) is 5.75 Å². The van der Waals surface area contributed by atoms with Crippen molar-refractivity contribution in [1.29, 1.82) is 0 Å². The van der Waals surface area contributed by atoms with Crippen molar-refractivity contribution in [2.45, 2.75) is 32.4 Å². The van der Waals surface area contributed by atoms with Gasteiger partial charge in [0.15, 0.2) is 0 Å². The zero-order chi connectivity index (χ0) is 14.1. The van der Waals surface area contributed by atoms with Crippen LogP contribution in [0, 0.1) is 0 Å². The maximum atomic E-state index is 10.6. The van der Waals surface area contributed by atoms with E-state index < -0.39 is 12.0 Å². The summed E-state index contributed by atoms with van der Waals surface area (Å²) in [5.41, 5.74) is 6.00. The molecule has 0 saturated heterocycles. The van der Waals surface area contributed by atoms with Gasteiger partial charge in [-0.05, 0) is 24.1 Å². The number of carbonyl (C=O) groups is 1. The molecule has 19 heavy (non-hydrogen) atoms. The summed E-state index contributed by atoms with van der Waals surface area (Å²) in [6.45, 7) is 3.58. The molecule has 5 nitrogen and oxygen atoms in total. The number of aliphatic hydroxyl groups is 1. The van der Waals surface area contributed by atoms with Crippen molar-refractivity contribution in [2.75, 3.05) is 13.2 Å². The van der Waals surface area contributed by atoms with Crippen molar-refractivity contribution in [3.05, 3.63) is 29.8 Å². The van der Waals surface area contributed by atoms with Crippen LogP contribution in [0.2, 0.25) is 0 Å². The fourth-order valence-corrected chi connectivity index (χ4v) is 1.49. The van der Waals surface area contributed by atoms with Gasteiger partial charge in [-0.3, -0.25) is 4.79 Å². The molecule has 0 saturated carbocycles. The summed E-state index contributed by atoms with van der Waals surface area (Å²) >= 11 is 0. The predicted molar refractivity (Wildman–Crippen MR) is 73.8 cm³/mol. The van der Waals surface area contributed by atoms with Crippen LogP contribution in [0.3, 0.4) is 0 Å². The lowest BCUT2D eigenvalue weighted by Crippen LogP contribution is -2.37. The first-order valence-electron chi connectivity index (χ1n) is 6.53. The minimum absolute atomic E-state index is 0.157. The molecule has 0 heterocycles. The standard InChI is InChI=1S/C14H22N2O3/c1-2-3-8-19-12-6-4-11(5-7-12)9-16-10-13(17)14(15)18/h4-7,13,16-17H,2-3,8-10H2,1H3,(H2,15,18). The number of primary amides is 1. The van der Waals surface area contributed by atoms with Crippen molar-refractivity contribution in [1.82, 2.24) is 5.32 Å². The average molecular weight is 266 g/mol. The smallest absolute Gasteiger partial charge is 0.247 e. The number of aliphatic hydroxyl groups excluding tert-OH is 1. The number of nitrogens with one attached hydrogen (secondary N) is 1. The molecule has 0 bridgehead atoms. The number of unbranched alkanes of at least 4 members (excludes halogenated alkanes) is 1. The van der Waals surface area contributed by atoms with Gasteiger partial charge >= 0.3 is 0 Å². The molecule has 1 amide bonds. The summed E-state index contributed by atoms with van der Waals surface area (Å²) in [6.07, 6.45) is 1.02. The second-order valence-corrected chi connectivity index (χ2v) is 4.40. The number of hydrogen-bond acceptors (Lipinski definition) is 4. The third kappa shape index (κ3) is 6.22. The molecule has 1 rings (SSSR count). The molecule has 0 radical (unpaired) electrons. The lowest BCUT2D eigenvalue weighted by Gasteiger charge is -2.09. The lowest BCUT2D eigenvalue weighted by molar-refractivity contribution is -0.125. The van der Waals surface area contributed by atoms with E-state index in [1.54, 1.807) is 0 Å². The van der Waals surface area contributed by atoms with Crippen molar-refractivity contribution in [3.63, 3.8) is 0 Å². The van der Waals surface area contributed by atoms with Crippen LogP contribution < -0.4 is 15.8 Å². The van der Waals surface area contributed by atoms with Gasteiger partial charge in [0, 0.05) is 13.1 Å². The van der Waals surface area contributed by atoms with Gasteiger partial charge < -0.3 is 20.9 Å². The minimum Gasteiger partial charge on any atom is -0.494 e. The first kappa shape index (κ1) is 15.5. The van der Waals surface area contributed by atoms with E-state index in [2.05, 4.69) is 12.2 Å². The van der Waals surface area contributed by atoms with Crippen molar-refractivity contribution in [2.24, 2.45) is 5.73 Å². The van der Waals surface area contributed by atoms with Crippen LogP contribution in [0.5, 0.6) is 5.75 Å². The highest BCUT2D eigenvalue weighted by atomic mass is 16.5. The number of nitrogens with two attached hydrogens (primary N) is 1. The topological polar surface area (TPSA) is 84.6 Å². The molecule has 1 atom stereocenters. The first-order valence-corrected chi connectivity index (χ1v) is 6.53. The Morgan fingerprint density at radius 3 is 2.68 bits per heavy atom. The molecule has 0 aliphatic heterocycles. The predicted octanol–water partition coefficient (Wildman–Crippen LogP) is 0.801. The quantitative estimate of drug-likeness (QED) is 0.577. The van der Waals surface area contributed by atoms with E-state index in [4.69, 9.17) is 10.5 Å². The summed E-state index contributed by atoms with van der Waals surface area (Å²) < 4.78 is 5.55. The van der Waals surface area contributed by atoms with Gasteiger partial charge in [0.1, 0.15) is 11.9 Å². The SMILES string of the molecule is CCCCOc1ccc(CNCC(O)C(N)=O)cc1. The number of hydrogen-bond donors (Lipinski definition) is 3. The van der Waals surface area contributed by atoms with Crippen LogP contribution in [0.1, 0.15) is 25.3 Å². The van der Waals surface area contributed by atoms with E-state index in [0.29, 0.717) is 6.54 Å². The molecule has 1 aromatic rings. The van der Waals surface area contributed by atoms with Gasteiger partial charge in [-0.2, -0.15) is 0 Å². The Morgan fingerprint density at radius 2 is 2.11 bits per heavy atom. The molecule has 1 unspecified atom stereocenters. The molecule has 1 aromatic carbocycles. The maximum absolute atomic E-state index is 10.6. The highest BCUT2D eigenvalue weighted by molar-refractivity contribution is 5.78. The fourth-order valence-electron chi connectivity index (χ4n) is 1.49. The van der Waals surface area contributed by atoms with Crippen LogP contribution in [-0.2, 0) is 11.3 Å². The van der Waals surface area contributed by atoms with Crippen molar-refractivity contribution < 1.29 is 14.6 Å². The van der Waals surface area contributed by atoms with Gasteiger partial charge in [-0.25, -0.2) is 0 Å². The van der Waals surface area contributed by atoms with E-state index in [1.165, 1.54) is 0 Å². The normalized spacial score (nSPS) is 12.1. The van der Waals surface area contributed by atoms with Crippen LogP contribution in [0.15, 0.2) is 24.3 Å². The van der Waals surface area contributed by atoms with Crippen LogP contribution in [-0.4, -0.2) is 30.3 Å². The van der Waals surface area contributed by atoms with Crippen LogP contribution in [0.25, 0.3) is 0 Å². The number of amides is 1. The number of rotatable bonds is 9. The summed E-state index contributed by atoms with van der Waals surface area (Å²) in [7, 11) is 0. The minimum atomic E-state index is -1.14. The third-order valence-corrected chi connectivity index (χ3v) is 2.69. The zero-order valence-electron chi connectivity index (χ0n) is 11.3. The largest absolute Gasteiger partial charge is 0.494 e. The summed E-state index contributed by atoms with van der Waals surface area (Å²) in [6, 6.07) is 7.73. The number of carbonyl (C=O) groups excluding carboxylic acids is 1. The van der Waals surface area contributed by atoms with E-state index in [9.17, 15) is 9.90 Å². The molecule has 0 aliphatic carbocycles. The highest BCUT2D eigenvalue weighted by Crippen LogP contribution is 2.12. The summed E-state index contributed by atoms with van der Waals surface area (Å²) in [5.74, 6) is 0.140. The second-order valence-electron chi connectivity index (χ2n) is 4.40. The molecule has 106 valence electrons. The summed E-state index contributed by atoms with van der Waals surface area (Å²) in [4.78, 5) is 10.6. The zero-order valence-corrected chi connectivity index (χ0v) is 11.3. The Bertz CT molecular complexity index is 379. The Morgan fingerprint density at radius 1 is 1.42 bits per heavy atom. The van der Waals surface area contributed by atoms with Gasteiger partial charge in [0.25, 0.3) is 0 Å². The monoisotopic (exact) mass is 266 g/mol. The summed E-state index contributed by atoms with van der Waals surface area (Å²) in [5, 5.41) is 12.2. The van der Waals surface area contributed by atoms with E-state index >= 15 is 0 Å². The molecule has 5 heteroatoms. The first-order chi connectivity index (χ1) is 9.13. The Hall–Kier alpha value is -1.59.